The fourth-order valence-electron chi connectivity index (χ4n) is 1.97. The first kappa shape index (κ1) is 5.90. The van der Waals surface area contributed by atoms with Gasteiger partial charge in [0.05, 0.1) is 4.32 Å². The zero-order valence-corrected chi connectivity index (χ0v) is 6.78. The second-order valence-corrected chi connectivity index (χ2v) is 4.72. The number of ketones is 1. The Bertz CT molecular complexity index is 166. The van der Waals surface area contributed by atoms with E-state index in [1.165, 1.54) is 6.42 Å². The van der Waals surface area contributed by atoms with E-state index in [2.05, 4.69) is 15.9 Å². The van der Waals surface area contributed by atoms with Crippen molar-refractivity contribution in [3.05, 3.63) is 0 Å². The van der Waals surface area contributed by atoms with Crippen LogP contribution in [-0.4, -0.2) is 10.1 Å². The highest BCUT2D eigenvalue weighted by Gasteiger charge is 2.49. The first-order valence-electron chi connectivity index (χ1n) is 3.43. The molecule has 1 nitrogen and oxygen atoms in total. The van der Waals surface area contributed by atoms with Crippen molar-refractivity contribution < 1.29 is 4.79 Å². The fourth-order valence-corrected chi connectivity index (χ4v) is 2.82. The summed E-state index contributed by atoms with van der Waals surface area (Å²) >= 11 is 3.50. The number of hydrogen-bond acceptors (Lipinski definition) is 1. The molecule has 0 radical (unpaired) electrons. The highest BCUT2D eigenvalue weighted by molar-refractivity contribution is 9.10. The Labute approximate surface area is 62.9 Å². The van der Waals surface area contributed by atoms with Gasteiger partial charge in [0.15, 0.2) is 0 Å². The molecule has 0 heterocycles. The average Bonchev–Trinajstić information content (AvgIpc) is 2.22. The summed E-state index contributed by atoms with van der Waals surface area (Å²) in [6.45, 7) is 0. The van der Waals surface area contributed by atoms with E-state index in [4.69, 9.17) is 0 Å². The molecule has 0 aliphatic heterocycles. The van der Waals surface area contributed by atoms with E-state index in [-0.39, 0.29) is 4.32 Å². The second-order valence-electron chi connectivity index (χ2n) is 3.20. The van der Waals surface area contributed by atoms with E-state index in [0.29, 0.717) is 5.78 Å². The highest BCUT2D eigenvalue weighted by Crippen LogP contribution is 2.50. The molecule has 2 saturated carbocycles. The first-order valence-corrected chi connectivity index (χ1v) is 4.22. The third kappa shape index (κ3) is 0.689. The topological polar surface area (TPSA) is 17.1 Å². The first-order chi connectivity index (χ1) is 4.21. The minimum Gasteiger partial charge on any atom is -0.298 e. The molecule has 0 N–H and O–H groups in total. The summed E-state index contributed by atoms with van der Waals surface area (Å²) in [5.41, 5.74) is 0. The third-order valence-corrected chi connectivity index (χ3v) is 3.70. The number of halogens is 1. The summed E-state index contributed by atoms with van der Waals surface area (Å²) in [5, 5.41) is 0. The molecule has 0 amide bonds. The standard InChI is InChI=1S/C7H9BrO/c8-7-2-1-5(4-7)3-6(7)9/h5H,1-4H2/t5-,7+/m0/s1. The van der Waals surface area contributed by atoms with Gasteiger partial charge < -0.3 is 0 Å². The lowest BCUT2D eigenvalue weighted by molar-refractivity contribution is -0.120. The summed E-state index contributed by atoms with van der Waals surface area (Å²) in [7, 11) is 0. The van der Waals surface area contributed by atoms with Crippen LogP contribution in [-0.2, 0) is 4.79 Å². The quantitative estimate of drug-likeness (QED) is 0.532. The van der Waals surface area contributed by atoms with E-state index in [9.17, 15) is 4.79 Å². The van der Waals surface area contributed by atoms with Gasteiger partial charge in [-0.2, -0.15) is 0 Å². The molecule has 2 heteroatoms. The van der Waals surface area contributed by atoms with Crippen molar-refractivity contribution in [1.82, 2.24) is 0 Å². The lowest BCUT2D eigenvalue weighted by Crippen LogP contribution is -2.24. The number of fused-ring (bicyclic) bond motifs is 2. The van der Waals surface area contributed by atoms with E-state index in [0.717, 1.165) is 25.2 Å². The van der Waals surface area contributed by atoms with Crippen LogP contribution in [0, 0.1) is 5.92 Å². The van der Waals surface area contributed by atoms with E-state index in [1.54, 1.807) is 0 Å². The molecular weight excluding hydrogens is 180 g/mol. The smallest absolute Gasteiger partial charge is 0.149 e. The van der Waals surface area contributed by atoms with Gasteiger partial charge in [-0.1, -0.05) is 15.9 Å². The Hall–Kier alpha value is 0.150. The van der Waals surface area contributed by atoms with Gasteiger partial charge in [0, 0.05) is 6.42 Å². The number of rotatable bonds is 0. The molecule has 2 aliphatic carbocycles. The molecule has 50 valence electrons. The molecular formula is C7H9BrO. The van der Waals surface area contributed by atoms with Crippen LogP contribution in [0.1, 0.15) is 25.7 Å². The Kier molecular flexibility index (Phi) is 1.05. The molecule has 0 aromatic heterocycles. The minimum atomic E-state index is -0.0579. The molecule has 0 aromatic carbocycles. The van der Waals surface area contributed by atoms with Crippen molar-refractivity contribution in [3.8, 4) is 0 Å². The molecule has 0 unspecified atom stereocenters. The van der Waals surface area contributed by atoms with Crippen molar-refractivity contribution >= 4 is 21.7 Å². The molecule has 2 rings (SSSR count). The van der Waals surface area contributed by atoms with Crippen LogP contribution < -0.4 is 0 Å². The largest absolute Gasteiger partial charge is 0.298 e. The maximum atomic E-state index is 11.1. The van der Waals surface area contributed by atoms with Crippen molar-refractivity contribution in [3.63, 3.8) is 0 Å². The summed E-state index contributed by atoms with van der Waals surface area (Å²) in [6.07, 6.45) is 4.28. The maximum absolute atomic E-state index is 11.1. The SMILES string of the molecule is O=C1C[C@@H]2CC[C@@]1(Br)C2. The van der Waals surface area contributed by atoms with Crippen LogP contribution in [0.3, 0.4) is 0 Å². The van der Waals surface area contributed by atoms with E-state index < -0.39 is 0 Å². The molecule has 2 atom stereocenters. The van der Waals surface area contributed by atoms with Crippen molar-refractivity contribution in [2.75, 3.05) is 0 Å². The van der Waals surface area contributed by atoms with Crippen LogP contribution >= 0.6 is 15.9 Å². The van der Waals surface area contributed by atoms with E-state index in [1.807, 2.05) is 0 Å². The lowest BCUT2D eigenvalue weighted by Gasteiger charge is -2.15. The van der Waals surface area contributed by atoms with Crippen molar-refractivity contribution in [2.24, 2.45) is 5.92 Å². The highest BCUT2D eigenvalue weighted by atomic mass is 79.9. The van der Waals surface area contributed by atoms with Gasteiger partial charge in [-0.15, -0.1) is 0 Å². The number of carbonyl (C=O) groups excluding carboxylic acids is 1. The van der Waals surface area contributed by atoms with Crippen molar-refractivity contribution in [2.45, 2.75) is 30.0 Å². The fraction of sp³-hybridized carbons (Fsp3) is 0.857. The Morgan fingerprint density at radius 2 is 2.44 bits per heavy atom. The third-order valence-electron chi connectivity index (χ3n) is 2.53. The predicted molar refractivity (Wildman–Crippen MR) is 38.6 cm³/mol. The van der Waals surface area contributed by atoms with Crippen molar-refractivity contribution in [1.29, 1.82) is 0 Å². The second kappa shape index (κ2) is 1.60. The molecule has 0 saturated heterocycles. The molecule has 0 spiro atoms. The normalized spacial score (nSPS) is 48.6. The minimum absolute atomic E-state index is 0.0579. The maximum Gasteiger partial charge on any atom is 0.149 e. The Balaban J connectivity index is 2.32. The monoisotopic (exact) mass is 188 g/mol. The zero-order valence-electron chi connectivity index (χ0n) is 5.19. The van der Waals surface area contributed by atoms with E-state index >= 15 is 0 Å². The molecule has 2 aliphatic rings. The van der Waals surface area contributed by atoms with Crippen LogP contribution in [0.5, 0.6) is 0 Å². The predicted octanol–water partition coefficient (Wildman–Crippen LogP) is 1.89. The molecule has 2 bridgehead atoms. The van der Waals surface area contributed by atoms with Crippen LogP contribution in [0.15, 0.2) is 0 Å². The summed E-state index contributed by atoms with van der Waals surface area (Å²) < 4.78 is -0.0579. The summed E-state index contributed by atoms with van der Waals surface area (Å²) in [5.74, 6) is 1.16. The zero-order chi connectivity index (χ0) is 6.48. The van der Waals surface area contributed by atoms with Crippen LogP contribution in [0.2, 0.25) is 0 Å². The van der Waals surface area contributed by atoms with Gasteiger partial charge in [-0.05, 0) is 25.2 Å². The van der Waals surface area contributed by atoms with Gasteiger partial charge in [0.25, 0.3) is 0 Å². The Morgan fingerprint density at radius 1 is 1.67 bits per heavy atom. The Morgan fingerprint density at radius 3 is 2.67 bits per heavy atom. The number of carbonyl (C=O) groups is 1. The number of alkyl halides is 1. The van der Waals surface area contributed by atoms with Gasteiger partial charge >= 0.3 is 0 Å². The van der Waals surface area contributed by atoms with Gasteiger partial charge in [-0.3, -0.25) is 4.79 Å². The van der Waals surface area contributed by atoms with Crippen LogP contribution in [0.4, 0.5) is 0 Å². The molecule has 9 heavy (non-hydrogen) atoms. The van der Waals surface area contributed by atoms with Gasteiger partial charge in [0.2, 0.25) is 0 Å². The summed E-state index contributed by atoms with van der Waals surface area (Å²) in [6, 6.07) is 0. The van der Waals surface area contributed by atoms with Gasteiger partial charge in [0.1, 0.15) is 5.78 Å². The van der Waals surface area contributed by atoms with Gasteiger partial charge in [-0.25, -0.2) is 0 Å². The number of hydrogen-bond donors (Lipinski definition) is 0. The summed E-state index contributed by atoms with van der Waals surface area (Å²) in [4.78, 5) is 11.1. The molecule has 0 aromatic rings. The lowest BCUT2D eigenvalue weighted by atomic mass is 9.99. The number of Topliss-reactive ketones (excluding diaryl/α,β-unsaturated/α-hetero) is 1. The average molecular weight is 189 g/mol. The molecule has 2 fully saturated rings. The van der Waals surface area contributed by atoms with Crippen LogP contribution in [0.25, 0.3) is 0 Å².